The Morgan fingerprint density at radius 3 is 2.12 bits per heavy atom. The van der Waals surface area contributed by atoms with E-state index in [9.17, 15) is 13.2 Å². The fraction of sp³-hybridized carbons (Fsp3) is 0. The number of rotatable bonds is 1. The van der Waals surface area contributed by atoms with Gasteiger partial charge in [0.2, 0.25) is 0 Å². The molecular formula is C12H6ClF3. The van der Waals surface area contributed by atoms with E-state index >= 15 is 0 Å². The summed E-state index contributed by atoms with van der Waals surface area (Å²) in [4.78, 5) is 0. The average molecular weight is 243 g/mol. The molecule has 16 heavy (non-hydrogen) atoms. The molecule has 0 unspecified atom stereocenters. The Bertz CT molecular complexity index is 524. The molecule has 0 aromatic heterocycles. The molecule has 0 heterocycles. The van der Waals surface area contributed by atoms with Crippen LogP contribution in [0.4, 0.5) is 13.2 Å². The summed E-state index contributed by atoms with van der Waals surface area (Å²) in [5, 5.41) is -0.150. The van der Waals surface area contributed by atoms with Gasteiger partial charge in [-0.1, -0.05) is 41.9 Å². The molecule has 0 radical (unpaired) electrons. The van der Waals surface area contributed by atoms with Gasteiger partial charge >= 0.3 is 0 Å². The highest BCUT2D eigenvalue weighted by atomic mass is 35.5. The smallest absolute Gasteiger partial charge is 0.195 e. The predicted octanol–water partition coefficient (Wildman–Crippen LogP) is 4.42. The molecule has 82 valence electrons. The highest BCUT2D eigenvalue weighted by molar-refractivity contribution is 6.33. The summed E-state index contributed by atoms with van der Waals surface area (Å²) in [6.45, 7) is 0. The van der Waals surface area contributed by atoms with Gasteiger partial charge < -0.3 is 0 Å². The van der Waals surface area contributed by atoms with Crippen LogP contribution in [0.15, 0.2) is 36.4 Å². The molecule has 0 aliphatic carbocycles. The molecule has 4 heteroatoms. The summed E-state index contributed by atoms with van der Waals surface area (Å²) < 4.78 is 39.4. The van der Waals surface area contributed by atoms with Gasteiger partial charge in [0.15, 0.2) is 17.5 Å². The van der Waals surface area contributed by atoms with Crippen LogP contribution in [0.2, 0.25) is 5.02 Å². The van der Waals surface area contributed by atoms with Gasteiger partial charge in [0, 0.05) is 5.56 Å². The van der Waals surface area contributed by atoms with Crippen LogP contribution in [0, 0.1) is 17.5 Å². The third-order valence-corrected chi connectivity index (χ3v) is 2.47. The van der Waals surface area contributed by atoms with Gasteiger partial charge in [-0.25, -0.2) is 13.2 Å². The van der Waals surface area contributed by atoms with Crippen molar-refractivity contribution in [1.82, 2.24) is 0 Å². The average Bonchev–Trinajstić information content (AvgIpc) is 2.28. The van der Waals surface area contributed by atoms with Crippen molar-refractivity contribution >= 4 is 11.6 Å². The van der Waals surface area contributed by atoms with Crippen molar-refractivity contribution in [2.75, 3.05) is 0 Å². The van der Waals surface area contributed by atoms with E-state index in [-0.39, 0.29) is 10.6 Å². The van der Waals surface area contributed by atoms with Crippen molar-refractivity contribution in [1.29, 1.82) is 0 Å². The highest BCUT2D eigenvalue weighted by Crippen LogP contribution is 2.32. The van der Waals surface area contributed by atoms with Crippen molar-refractivity contribution in [3.8, 4) is 11.1 Å². The first-order chi connectivity index (χ1) is 7.61. The fourth-order valence-corrected chi connectivity index (χ4v) is 1.72. The zero-order valence-electron chi connectivity index (χ0n) is 7.98. The largest absolute Gasteiger partial charge is 0.204 e. The van der Waals surface area contributed by atoms with E-state index in [0.717, 1.165) is 6.07 Å². The SMILES string of the molecule is Fc1cc(Cl)c(-c2ccccc2)c(F)c1F. The van der Waals surface area contributed by atoms with Crippen molar-refractivity contribution < 1.29 is 13.2 Å². The van der Waals surface area contributed by atoms with E-state index in [1.807, 2.05) is 0 Å². The molecule has 0 saturated carbocycles. The van der Waals surface area contributed by atoms with Gasteiger partial charge in [0.25, 0.3) is 0 Å². The van der Waals surface area contributed by atoms with Crippen LogP contribution in [0.1, 0.15) is 0 Å². The highest BCUT2D eigenvalue weighted by Gasteiger charge is 2.18. The second-order valence-electron chi connectivity index (χ2n) is 3.21. The van der Waals surface area contributed by atoms with Gasteiger partial charge in [-0.3, -0.25) is 0 Å². The Balaban J connectivity index is 2.71. The molecule has 0 spiro atoms. The molecule has 0 fully saturated rings. The van der Waals surface area contributed by atoms with Gasteiger partial charge in [-0.2, -0.15) is 0 Å². The van der Waals surface area contributed by atoms with E-state index in [0.29, 0.717) is 5.56 Å². The summed E-state index contributed by atoms with van der Waals surface area (Å²) >= 11 is 5.69. The van der Waals surface area contributed by atoms with E-state index in [2.05, 4.69) is 0 Å². The lowest BCUT2D eigenvalue weighted by Crippen LogP contribution is -1.95. The zero-order valence-corrected chi connectivity index (χ0v) is 8.73. The first kappa shape index (κ1) is 11.0. The molecule has 2 rings (SSSR count). The standard InChI is InChI=1S/C12H6ClF3/c13-8-6-9(14)11(15)12(16)10(8)7-4-2-1-3-5-7/h1-6H. The monoisotopic (exact) mass is 242 g/mol. The van der Waals surface area contributed by atoms with Crippen LogP contribution >= 0.6 is 11.6 Å². The molecule has 0 aliphatic heterocycles. The number of benzene rings is 2. The molecule has 0 aliphatic rings. The van der Waals surface area contributed by atoms with Crippen LogP contribution in [0.5, 0.6) is 0 Å². The first-order valence-corrected chi connectivity index (χ1v) is 4.87. The van der Waals surface area contributed by atoms with Crippen molar-refractivity contribution in [2.24, 2.45) is 0 Å². The minimum Gasteiger partial charge on any atom is -0.204 e. The molecule has 2 aromatic rings. The van der Waals surface area contributed by atoms with Gasteiger partial charge in [-0.15, -0.1) is 0 Å². The molecular weight excluding hydrogens is 237 g/mol. The number of hydrogen-bond acceptors (Lipinski definition) is 0. The van der Waals surface area contributed by atoms with E-state index in [1.165, 1.54) is 0 Å². The third-order valence-electron chi connectivity index (χ3n) is 2.18. The molecule has 0 N–H and O–H groups in total. The van der Waals surface area contributed by atoms with Crippen molar-refractivity contribution in [3.63, 3.8) is 0 Å². The fourth-order valence-electron chi connectivity index (χ4n) is 1.44. The second kappa shape index (κ2) is 4.18. The quantitative estimate of drug-likeness (QED) is 0.513. The summed E-state index contributed by atoms with van der Waals surface area (Å²) in [6.07, 6.45) is 0. The Labute approximate surface area is 95.3 Å². The number of halogens is 4. The Morgan fingerprint density at radius 2 is 1.50 bits per heavy atom. The van der Waals surface area contributed by atoms with Gasteiger partial charge in [0.1, 0.15) is 0 Å². The lowest BCUT2D eigenvalue weighted by Gasteiger charge is -2.07. The summed E-state index contributed by atoms with van der Waals surface area (Å²) in [5.74, 6) is -4.07. The normalized spacial score (nSPS) is 10.5. The van der Waals surface area contributed by atoms with Gasteiger partial charge in [-0.05, 0) is 11.6 Å². The lowest BCUT2D eigenvalue weighted by atomic mass is 10.0. The van der Waals surface area contributed by atoms with Crippen LogP contribution in [0.3, 0.4) is 0 Å². The van der Waals surface area contributed by atoms with Crippen molar-refractivity contribution in [2.45, 2.75) is 0 Å². The van der Waals surface area contributed by atoms with Crippen molar-refractivity contribution in [3.05, 3.63) is 58.9 Å². The van der Waals surface area contributed by atoms with E-state index in [1.54, 1.807) is 30.3 Å². The van der Waals surface area contributed by atoms with E-state index in [4.69, 9.17) is 11.6 Å². The predicted molar refractivity (Wildman–Crippen MR) is 56.8 cm³/mol. The second-order valence-corrected chi connectivity index (χ2v) is 3.62. The zero-order chi connectivity index (χ0) is 11.7. The molecule has 2 aromatic carbocycles. The maximum atomic E-state index is 13.5. The minimum absolute atomic E-state index is 0.124. The van der Waals surface area contributed by atoms with Crippen LogP contribution < -0.4 is 0 Å². The summed E-state index contributed by atoms with van der Waals surface area (Å²) in [7, 11) is 0. The topological polar surface area (TPSA) is 0 Å². The van der Waals surface area contributed by atoms with Crippen LogP contribution in [-0.2, 0) is 0 Å². The molecule has 0 nitrogen and oxygen atoms in total. The van der Waals surface area contributed by atoms with Gasteiger partial charge in [0.05, 0.1) is 5.02 Å². The summed E-state index contributed by atoms with van der Waals surface area (Å²) in [5.41, 5.74) is 0.282. The maximum Gasteiger partial charge on any atom is 0.195 e. The first-order valence-electron chi connectivity index (χ1n) is 4.49. The third kappa shape index (κ3) is 1.78. The summed E-state index contributed by atoms with van der Waals surface area (Å²) in [6, 6.07) is 8.96. The Morgan fingerprint density at radius 1 is 0.875 bits per heavy atom. The minimum atomic E-state index is -1.51. The molecule has 0 saturated heterocycles. The molecule has 0 atom stereocenters. The van der Waals surface area contributed by atoms with Crippen LogP contribution in [-0.4, -0.2) is 0 Å². The van der Waals surface area contributed by atoms with Crippen LogP contribution in [0.25, 0.3) is 11.1 Å². The Kier molecular flexibility index (Phi) is 2.88. The lowest BCUT2D eigenvalue weighted by molar-refractivity contribution is 0.449. The molecule has 0 amide bonds. The Hall–Kier alpha value is -1.48. The molecule has 0 bridgehead atoms. The maximum absolute atomic E-state index is 13.5. The number of hydrogen-bond donors (Lipinski definition) is 0. The van der Waals surface area contributed by atoms with E-state index < -0.39 is 17.5 Å².